The van der Waals surface area contributed by atoms with E-state index in [4.69, 9.17) is 12.2 Å². The molecule has 3 N–H and O–H groups in total. The lowest BCUT2D eigenvalue weighted by molar-refractivity contribution is -0.961. The second kappa shape index (κ2) is 12.1. The Morgan fingerprint density at radius 3 is 2.54 bits per heavy atom. The molecule has 39 heavy (non-hydrogen) atoms. The normalized spacial score (nSPS) is 15.2. The van der Waals surface area contributed by atoms with Gasteiger partial charge < -0.3 is 15.3 Å². The first-order chi connectivity index (χ1) is 18.9. The molecule has 0 radical (unpaired) electrons. The minimum absolute atomic E-state index is 0.0710. The molecule has 202 valence electrons. The molecule has 8 heteroatoms. The highest BCUT2D eigenvalue weighted by molar-refractivity contribution is 7.80. The second-order valence-corrected chi connectivity index (χ2v) is 10.9. The maximum Gasteiger partial charge on any atom is 0.225 e. The smallest absolute Gasteiger partial charge is 0.225 e. The Labute approximate surface area is 234 Å². The Balaban J connectivity index is 1.43. The molecule has 1 unspecified atom stereocenters. The SMILES string of the molecule is Cc1ccc(NC(=S)N=Nc2c(O)n(C[NH+](Cc3ccc(F)cc3)C3CCCCC3)c3ccccc23)c(C)c1. The standard InChI is InChI=1S/C31H34FN5OS/c1-21-12-17-27(22(2)18-21)33-31(39)35-34-29-26-10-6-7-11-28(26)37(30(29)38)20-36(25-8-4-3-5-9-25)19-23-13-15-24(32)16-14-23/h6-7,10-18,25,38H,3-5,8-9,19-20H2,1-2H3,(H,33,39)/p+1. The summed E-state index contributed by atoms with van der Waals surface area (Å²) in [5.74, 6) is -0.159. The minimum Gasteiger partial charge on any atom is -0.493 e. The Morgan fingerprint density at radius 1 is 1.05 bits per heavy atom. The quantitative estimate of drug-likeness (QED) is 0.174. The maximum absolute atomic E-state index is 13.6. The van der Waals surface area contributed by atoms with Crippen molar-refractivity contribution in [1.29, 1.82) is 0 Å². The van der Waals surface area contributed by atoms with E-state index in [9.17, 15) is 9.50 Å². The fraction of sp³-hybridized carbons (Fsp3) is 0.323. The number of nitrogens with one attached hydrogen (secondary N) is 2. The zero-order valence-electron chi connectivity index (χ0n) is 22.5. The fourth-order valence-electron chi connectivity index (χ4n) is 5.63. The van der Waals surface area contributed by atoms with E-state index in [0.29, 0.717) is 18.4 Å². The van der Waals surface area contributed by atoms with E-state index in [0.717, 1.165) is 47.1 Å². The molecule has 0 bridgehead atoms. The third-order valence-electron chi connectivity index (χ3n) is 7.67. The first kappa shape index (κ1) is 27.0. The zero-order valence-corrected chi connectivity index (χ0v) is 23.3. The number of halogens is 1. The van der Waals surface area contributed by atoms with Crippen LogP contribution in [-0.4, -0.2) is 20.8 Å². The Bertz CT molecular complexity index is 1490. The molecule has 0 aliphatic heterocycles. The number of benzene rings is 3. The van der Waals surface area contributed by atoms with Gasteiger partial charge in [0.25, 0.3) is 0 Å². The molecule has 4 aromatic rings. The Kier molecular flexibility index (Phi) is 8.33. The molecule has 3 aromatic carbocycles. The monoisotopic (exact) mass is 544 g/mol. The van der Waals surface area contributed by atoms with Gasteiger partial charge in [0.1, 0.15) is 12.4 Å². The van der Waals surface area contributed by atoms with Crippen LogP contribution in [-0.2, 0) is 13.2 Å². The molecule has 5 rings (SSSR count). The lowest BCUT2D eigenvalue weighted by Crippen LogP contribution is -3.14. The van der Waals surface area contributed by atoms with Gasteiger partial charge in [0.2, 0.25) is 11.0 Å². The minimum atomic E-state index is -0.230. The first-order valence-corrected chi connectivity index (χ1v) is 14.0. The number of anilines is 1. The van der Waals surface area contributed by atoms with Crippen LogP contribution in [0.25, 0.3) is 10.9 Å². The van der Waals surface area contributed by atoms with Crippen molar-refractivity contribution in [2.45, 2.75) is 65.2 Å². The number of quaternary nitrogens is 1. The van der Waals surface area contributed by atoms with Gasteiger partial charge in [0.05, 0.1) is 11.6 Å². The molecule has 1 aromatic heterocycles. The Hall–Kier alpha value is -3.62. The third kappa shape index (κ3) is 6.34. The van der Waals surface area contributed by atoms with Crippen LogP contribution < -0.4 is 10.2 Å². The molecule has 1 saturated carbocycles. The molecule has 1 heterocycles. The number of aryl methyl sites for hydroxylation is 2. The van der Waals surface area contributed by atoms with E-state index >= 15 is 0 Å². The van der Waals surface area contributed by atoms with Crippen molar-refractivity contribution in [2.24, 2.45) is 10.2 Å². The largest absolute Gasteiger partial charge is 0.493 e. The van der Waals surface area contributed by atoms with Crippen LogP contribution in [0.5, 0.6) is 5.88 Å². The van der Waals surface area contributed by atoms with Gasteiger partial charge in [-0.25, -0.2) is 4.39 Å². The highest BCUT2D eigenvalue weighted by Gasteiger charge is 2.28. The summed E-state index contributed by atoms with van der Waals surface area (Å²) >= 11 is 5.45. The predicted octanol–water partition coefficient (Wildman–Crippen LogP) is 6.96. The molecule has 0 amide bonds. The van der Waals surface area contributed by atoms with Crippen LogP contribution in [0.15, 0.2) is 77.0 Å². The molecular formula is C31H35FN5OS+. The van der Waals surface area contributed by atoms with Crippen molar-refractivity contribution < 1.29 is 14.4 Å². The molecule has 1 atom stereocenters. The fourth-order valence-corrected chi connectivity index (χ4v) is 5.78. The summed E-state index contributed by atoms with van der Waals surface area (Å²) in [6.45, 7) is 5.37. The van der Waals surface area contributed by atoms with Crippen molar-refractivity contribution in [1.82, 2.24) is 4.57 Å². The van der Waals surface area contributed by atoms with E-state index in [1.54, 1.807) is 0 Å². The van der Waals surface area contributed by atoms with E-state index in [-0.39, 0.29) is 16.8 Å². The summed E-state index contributed by atoms with van der Waals surface area (Å²) in [5.41, 5.74) is 5.50. The third-order valence-corrected chi connectivity index (χ3v) is 7.85. The molecule has 1 aliphatic rings. The van der Waals surface area contributed by atoms with Gasteiger partial charge in [-0.2, -0.15) is 0 Å². The summed E-state index contributed by atoms with van der Waals surface area (Å²) in [6.07, 6.45) is 5.96. The van der Waals surface area contributed by atoms with Gasteiger partial charge in [0, 0.05) is 16.6 Å². The summed E-state index contributed by atoms with van der Waals surface area (Å²) in [4.78, 5) is 1.34. The number of aromatic nitrogens is 1. The molecule has 1 aliphatic carbocycles. The van der Waals surface area contributed by atoms with E-state index in [2.05, 4.69) is 21.6 Å². The molecular weight excluding hydrogens is 509 g/mol. The van der Waals surface area contributed by atoms with Crippen molar-refractivity contribution in [3.8, 4) is 5.88 Å². The van der Waals surface area contributed by atoms with Crippen molar-refractivity contribution in [3.05, 3.63) is 89.2 Å². The van der Waals surface area contributed by atoms with Crippen LogP contribution >= 0.6 is 12.2 Å². The van der Waals surface area contributed by atoms with Gasteiger partial charge in [0.15, 0.2) is 12.4 Å². The van der Waals surface area contributed by atoms with Crippen LogP contribution in [0.3, 0.4) is 0 Å². The summed E-state index contributed by atoms with van der Waals surface area (Å²) < 4.78 is 15.5. The average molecular weight is 545 g/mol. The number of rotatable bonds is 7. The number of nitrogens with zero attached hydrogens (tertiary/aromatic N) is 3. The highest BCUT2D eigenvalue weighted by atomic mass is 32.1. The number of hydrogen-bond acceptors (Lipinski definition) is 3. The number of azo groups is 1. The van der Waals surface area contributed by atoms with E-state index < -0.39 is 0 Å². The average Bonchev–Trinajstić information content (AvgIpc) is 3.20. The highest BCUT2D eigenvalue weighted by Crippen LogP contribution is 2.38. The number of fused-ring (bicyclic) bond motifs is 1. The number of thiocarbonyl (C=S) groups is 1. The van der Waals surface area contributed by atoms with Crippen molar-refractivity contribution >= 4 is 39.6 Å². The first-order valence-electron chi connectivity index (χ1n) is 13.6. The summed E-state index contributed by atoms with van der Waals surface area (Å²) in [7, 11) is 0. The lowest BCUT2D eigenvalue weighted by atomic mass is 9.94. The van der Waals surface area contributed by atoms with Gasteiger partial charge in [-0.3, -0.25) is 4.57 Å². The molecule has 0 saturated heterocycles. The molecule has 6 nitrogen and oxygen atoms in total. The van der Waals surface area contributed by atoms with Crippen LogP contribution in [0.4, 0.5) is 15.8 Å². The van der Waals surface area contributed by atoms with Crippen molar-refractivity contribution in [3.63, 3.8) is 0 Å². The predicted molar refractivity (Wildman–Crippen MR) is 158 cm³/mol. The van der Waals surface area contributed by atoms with Gasteiger partial charge in [-0.15, -0.1) is 10.2 Å². The topological polar surface area (TPSA) is 66.4 Å². The van der Waals surface area contributed by atoms with Gasteiger partial charge in [-0.1, -0.05) is 54.4 Å². The Morgan fingerprint density at radius 2 is 1.79 bits per heavy atom. The van der Waals surface area contributed by atoms with Gasteiger partial charge >= 0.3 is 0 Å². The summed E-state index contributed by atoms with van der Waals surface area (Å²) in [5, 5.41) is 24.3. The van der Waals surface area contributed by atoms with Crippen LogP contribution in [0, 0.1) is 19.7 Å². The van der Waals surface area contributed by atoms with Crippen molar-refractivity contribution in [2.75, 3.05) is 5.32 Å². The zero-order chi connectivity index (χ0) is 27.4. The van der Waals surface area contributed by atoms with Gasteiger partial charge in [-0.05, 0) is 81.6 Å². The number of aromatic hydroxyl groups is 1. The summed E-state index contributed by atoms with van der Waals surface area (Å²) in [6, 6.07) is 21.1. The number of hydrogen-bond donors (Lipinski definition) is 3. The molecule has 1 fully saturated rings. The lowest BCUT2D eigenvalue weighted by Gasteiger charge is -2.32. The van der Waals surface area contributed by atoms with E-state index in [1.807, 2.05) is 66.9 Å². The molecule has 0 spiro atoms. The van der Waals surface area contributed by atoms with Crippen LogP contribution in [0.1, 0.15) is 48.8 Å². The van der Waals surface area contributed by atoms with Crippen LogP contribution in [0.2, 0.25) is 0 Å². The second-order valence-electron chi connectivity index (χ2n) is 10.5. The number of para-hydroxylation sites is 1. The van der Waals surface area contributed by atoms with E-state index in [1.165, 1.54) is 41.9 Å². The maximum atomic E-state index is 13.6.